The molecule has 2 N–H and O–H groups in total. The molecule has 3 aromatic carbocycles. The second-order valence-electron chi connectivity index (χ2n) is 7.00. The molecule has 0 aliphatic heterocycles. The monoisotopic (exact) mass is 418 g/mol. The van der Waals surface area contributed by atoms with Crippen LogP contribution in [0.1, 0.15) is 45.6 Å². The number of carbonyl (C=O) groups is 1. The SMILES string of the molecule is CCOC(=O)c1cccc(NC(=S)N[C@H](c2ccccc2)c2ccccc2C)c1C. The van der Waals surface area contributed by atoms with Crippen LogP contribution in [0.4, 0.5) is 5.69 Å². The van der Waals surface area contributed by atoms with Crippen molar-refractivity contribution in [3.63, 3.8) is 0 Å². The van der Waals surface area contributed by atoms with Crippen molar-refractivity contribution in [2.45, 2.75) is 26.8 Å². The molecule has 154 valence electrons. The van der Waals surface area contributed by atoms with Gasteiger partial charge in [0.25, 0.3) is 0 Å². The minimum absolute atomic E-state index is 0.0963. The highest BCUT2D eigenvalue weighted by molar-refractivity contribution is 7.80. The third-order valence-electron chi connectivity index (χ3n) is 4.99. The van der Waals surface area contributed by atoms with Gasteiger partial charge < -0.3 is 15.4 Å². The lowest BCUT2D eigenvalue weighted by molar-refractivity contribution is 0.0525. The van der Waals surface area contributed by atoms with E-state index in [1.807, 2.05) is 49.4 Å². The van der Waals surface area contributed by atoms with E-state index < -0.39 is 0 Å². The van der Waals surface area contributed by atoms with Crippen molar-refractivity contribution < 1.29 is 9.53 Å². The predicted octanol–water partition coefficient (Wildman–Crippen LogP) is 5.56. The fourth-order valence-electron chi connectivity index (χ4n) is 3.39. The van der Waals surface area contributed by atoms with Crippen LogP contribution in [0.25, 0.3) is 0 Å². The zero-order chi connectivity index (χ0) is 21.5. The topological polar surface area (TPSA) is 50.4 Å². The molecule has 3 aromatic rings. The zero-order valence-electron chi connectivity index (χ0n) is 17.4. The highest BCUT2D eigenvalue weighted by Gasteiger charge is 2.18. The minimum Gasteiger partial charge on any atom is -0.462 e. The molecule has 3 rings (SSSR count). The highest BCUT2D eigenvalue weighted by atomic mass is 32.1. The molecule has 5 heteroatoms. The van der Waals surface area contributed by atoms with Crippen molar-refractivity contribution in [1.29, 1.82) is 0 Å². The Morgan fingerprint density at radius 2 is 1.67 bits per heavy atom. The maximum absolute atomic E-state index is 12.2. The molecule has 0 aliphatic rings. The molecule has 0 amide bonds. The Morgan fingerprint density at radius 1 is 0.967 bits per heavy atom. The molecule has 0 unspecified atom stereocenters. The van der Waals surface area contributed by atoms with Crippen molar-refractivity contribution in [1.82, 2.24) is 5.32 Å². The molecular formula is C25H26N2O2S. The first kappa shape index (κ1) is 21.5. The van der Waals surface area contributed by atoms with Gasteiger partial charge in [0.2, 0.25) is 0 Å². The standard InChI is InChI=1S/C25H26N2O2S/c1-4-29-24(28)21-15-10-16-22(18(21)3)26-25(30)27-23(19-12-6-5-7-13-19)20-14-9-8-11-17(20)2/h5-16,23H,4H2,1-3H3,(H2,26,27,30)/t23-/m1/s1. The van der Waals surface area contributed by atoms with Crippen molar-refractivity contribution in [2.24, 2.45) is 0 Å². The second kappa shape index (κ2) is 10.0. The van der Waals surface area contributed by atoms with E-state index in [2.05, 4.69) is 41.8 Å². The summed E-state index contributed by atoms with van der Waals surface area (Å²) in [6, 6.07) is 23.8. The quantitative estimate of drug-likeness (QED) is 0.406. The van der Waals surface area contributed by atoms with Crippen molar-refractivity contribution in [3.8, 4) is 0 Å². The first-order valence-corrected chi connectivity index (χ1v) is 10.4. The van der Waals surface area contributed by atoms with Gasteiger partial charge in [0.15, 0.2) is 5.11 Å². The summed E-state index contributed by atoms with van der Waals surface area (Å²) < 4.78 is 5.15. The van der Waals surface area contributed by atoms with E-state index in [0.29, 0.717) is 17.3 Å². The van der Waals surface area contributed by atoms with Crippen molar-refractivity contribution >= 4 is 29.0 Å². The van der Waals surface area contributed by atoms with Crippen molar-refractivity contribution in [3.05, 3.63) is 101 Å². The fourth-order valence-corrected chi connectivity index (χ4v) is 3.62. The largest absolute Gasteiger partial charge is 0.462 e. The van der Waals surface area contributed by atoms with Gasteiger partial charge in [-0.15, -0.1) is 0 Å². The summed E-state index contributed by atoms with van der Waals surface area (Å²) in [6.45, 7) is 6.11. The summed E-state index contributed by atoms with van der Waals surface area (Å²) in [5, 5.41) is 7.18. The van der Waals surface area contributed by atoms with Crippen LogP contribution in [0.2, 0.25) is 0 Å². The van der Waals surface area contributed by atoms with Gasteiger partial charge in [-0.05, 0) is 67.4 Å². The fraction of sp³-hybridized carbons (Fsp3) is 0.200. The first-order valence-electron chi connectivity index (χ1n) is 9.96. The molecular weight excluding hydrogens is 392 g/mol. The lowest BCUT2D eigenvalue weighted by Crippen LogP contribution is -2.33. The summed E-state index contributed by atoms with van der Waals surface area (Å²) in [5.74, 6) is -0.334. The molecule has 0 saturated heterocycles. The Bertz CT molecular complexity index is 1030. The smallest absolute Gasteiger partial charge is 0.338 e. The molecule has 0 aliphatic carbocycles. The van der Waals surface area contributed by atoms with Crippen LogP contribution in [0.3, 0.4) is 0 Å². The molecule has 0 aromatic heterocycles. The van der Waals surface area contributed by atoms with Crippen molar-refractivity contribution in [2.75, 3.05) is 11.9 Å². The first-order chi connectivity index (χ1) is 14.5. The highest BCUT2D eigenvalue weighted by Crippen LogP contribution is 2.26. The summed E-state index contributed by atoms with van der Waals surface area (Å²) in [6.07, 6.45) is 0. The van der Waals surface area contributed by atoms with E-state index in [0.717, 1.165) is 22.4 Å². The summed E-state index contributed by atoms with van der Waals surface area (Å²) in [5.41, 5.74) is 5.56. The zero-order valence-corrected chi connectivity index (χ0v) is 18.3. The van der Waals surface area contributed by atoms with Gasteiger partial charge in [0.05, 0.1) is 18.2 Å². The molecule has 0 bridgehead atoms. The lowest BCUT2D eigenvalue weighted by atomic mass is 9.95. The van der Waals surface area contributed by atoms with Gasteiger partial charge in [-0.1, -0.05) is 60.7 Å². The van der Waals surface area contributed by atoms with Crippen LogP contribution in [-0.4, -0.2) is 17.7 Å². The van der Waals surface area contributed by atoms with E-state index in [-0.39, 0.29) is 12.0 Å². The molecule has 0 radical (unpaired) electrons. The van der Waals surface area contributed by atoms with Crippen LogP contribution in [0.15, 0.2) is 72.8 Å². The number of rotatable bonds is 6. The Balaban J connectivity index is 1.85. The van der Waals surface area contributed by atoms with Crippen LogP contribution in [-0.2, 0) is 4.74 Å². The maximum atomic E-state index is 12.2. The Labute approximate surface area is 183 Å². The van der Waals surface area contributed by atoms with Gasteiger partial charge in [-0.2, -0.15) is 0 Å². The number of aryl methyl sites for hydroxylation is 1. The van der Waals surface area contributed by atoms with E-state index >= 15 is 0 Å². The number of anilines is 1. The Hall–Kier alpha value is -3.18. The molecule has 0 heterocycles. The van der Waals surface area contributed by atoms with E-state index in [9.17, 15) is 4.79 Å². The number of esters is 1. The summed E-state index contributed by atoms with van der Waals surface area (Å²) in [4.78, 5) is 12.2. The van der Waals surface area contributed by atoms with Crippen LogP contribution in [0, 0.1) is 13.8 Å². The normalized spacial score (nSPS) is 11.4. The summed E-state index contributed by atoms with van der Waals surface area (Å²) in [7, 11) is 0. The number of thiocarbonyl (C=S) groups is 1. The molecule has 0 saturated carbocycles. The molecule has 0 spiro atoms. The van der Waals surface area contributed by atoms with Gasteiger partial charge in [0.1, 0.15) is 0 Å². The molecule has 0 fully saturated rings. The third kappa shape index (κ3) is 5.05. The van der Waals surface area contributed by atoms with E-state index in [1.54, 1.807) is 13.0 Å². The number of benzene rings is 3. The van der Waals surface area contributed by atoms with E-state index in [1.165, 1.54) is 5.56 Å². The van der Waals surface area contributed by atoms with Gasteiger partial charge in [-0.3, -0.25) is 0 Å². The van der Waals surface area contributed by atoms with E-state index in [4.69, 9.17) is 17.0 Å². The predicted molar refractivity (Wildman–Crippen MR) is 126 cm³/mol. The number of ether oxygens (including phenoxy) is 1. The molecule has 4 nitrogen and oxygen atoms in total. The third-order valence-corrected chi connectivity index (χ3v) is 5.21. The van der Waals surface area contributed by atoms with Gasteiger partial charge >= 0.3 is 5.97 Å². The molecule has 30 heavy (non-hydrogen) atoms. The number of nitrogens with one attached hydrogen (secondary N) is 2. The second-order valence-corrected chi connectivity index (χ2v) is 7.41. The van der Waals surface area contributed by atoms with Crippen LogP contribution in [0.5, 0.6) is 0 Å². The molecule has 1 atom stereocenters. The number of carbonyl (C=O) groups excluding carboxylic acids is 1. The van der Waals surface area contributed by atoms with Gasteiger partial charge in [0, 0.05) is 5.69 Å². The van der Waals surface area contributed by atoms with Gasteiger partial charge in [-0.25, -0.2) is 4.79 Å². The maximum Gasteiger partial charge on any atom is 0.338 e. The minimum atomic E-state index is -0.334. The number of hydrogen-bond acceptors (Lipinski definition) is 3. The van der Waals surface area contributed by atoms with Crippen LogP contribution < -0.4 is 10.6 Å². The average molecular weight is 419 g/mol. The lowest BCUT2D eigenvalue weighted by Gasteiger charge is -2.24. The Morgan fingerprint density at radius 3 is 2.37 bits per heavy atom. The van der Waals surface area contributed by atoms with Crippen LogP contribution >= 0.6 is 12.2 Å². The number of hydrogen-bond donors (Lipinski definition) is 2. The summed E-state index contributed by atoms with van der Waals surface area (Å²) >= 11 is 5.64. The average Bonchev–Trinajstić information content (AvgIpc) is 2.75. The Kier molecular flexibility index (Phi) is 7.20.